The molecule has 0 saturated carbocycles. The molecule has 3 N–H and O–H groups in total. The van der Waals surface area contributed by atoms with Crippen LogP contribution in [0, 0.1) is 0 Å². The van der Waals surface area contributed by atoms with Gasteiger partial charge in [-0.2, -0.15) is 8.42 Å². The Labute approximate surface area is 188 Å². The van der Waals surface area contributed by atoms with Gasteiger partial charge in [0.15, 0.2) is 0 Å². The zero-order valence-electron chi connectivity index (χ0n) is 20.2. The molecule has 0 heterocycles. The standard InChI is InChI=1S/C4H10O4S.C4H10O.C2H6O2.6C2H4/c1-4(2,3)8-9(5,6)7;1-3-5-4-2;3-1-2-4;6*1-2/h1-3H3,(H,5,6,7);3-4H2,1-2H3;3-4H,1-2H2;6*1-2H2. The fourth-order valence-corrected chi connectivity index (χ4v) is 1.15. The van der Waals surface area contributed by atoms with Crippen LogP contribution in [0.25, 0.3) is 0 Å². The predicted molar refractivity (Wildman–Crippen MR) is 136 cm³/mol. The van der Waals surface area contributed by atoms with Crippen molar-refractivity contribution >= 4 is 10.4 Å². The third-order valence-electron chi connectivity index (χ3n) is 0.864. The molecule has 8 heteroatoms. The summed E-state index contributed by atoms with van der Waals surface area (Å²) < 4.78 is 37.0. The molecule has 0 atom stereocenters. The highest BCUT2D eigenvalue weighted by atomic mass is 32.3. The van der Waals surface area contributed by atoms with Gasteiger partial charge in [0.05, 0.1) is 18.8 Å². The minimum Gasteiger partial charge on any atom is -0.394 e. The van der Waals surface area contributed by atoms with Gasteiger partial charge in [-0.1, -0.05) is 0 Å². The number of rotatable bonds is 4. The molecule has 30 heavy (non-hydrogen) atoms. The zero-order valence-corrected chi connectivity index (χ0v) is 21.0. The lowest BCUT2D eigenvalue weighted by Crippen LogP contribution is -2.23. The van der Waals surface area contributed by atoms with E-state index in [9.17, 15) is 8.42 Å². The second-order valence-electron chi connectivity index (χ2n) is 3.85. The monoisotopic (exact) mass is 458 g/mol. The van der Waals surface area contributed by atoms with E-state index in [1.54, 1.807) is 0 Å². The normalized spacial score (nSPS) is 7.33. The van der Waals surface area contributed by atoms with Gasteiger partial charge in [-0.15, -0.1) is 78.9 Å². The van der Waals surface area contributed by atoms with E-state index in [0.717, 1.165) is 13.2 Å². The van der Waals surface area contributed by atoms with Gasteiger partial charge in [0, 0.05) is 13.2 Å². The highest BCUT2D eigenvalue weighted by Gasteiger charge is 2.18. The van der Waals surface area contributed by atoms with E-state index in [2.05, 4.69) is 83.1 Å². The summed E-state index contributed by atoms with van der Waals surface area (Å²) in [4.78, 5) is 0. The van der Waals surface area contributed by atoms with E-state index in [4.69, 9.17) is 19.5 Å². The van der Waals surface area contributed by atoms with Gasteiger partial charge in [-0.3, -0.25) is 4.55 Å². The molecule has 0 aromatic heterocycles. The van der Waals surface area contributed by atoms with Crippen molar-refractivity contribution in [1.29, 1.82) is 0 Å². The second kappa shape index (κ2) is 71.2. The first-order valence-electron chi connectivity index (χ1n) is 8.51. The Hall–Kier alpha value is -1.81. The number of hydrogen-bond donors (Lipinski definition) is 3. The van der Waals surface area contributed by atoms with Crippen molar-refractivity contribution in [3.63, 3.8) is 0 Å². The maximum Gasteiger partial charge on any atom is 0.397 e. The van der Waals surface area contributed by atoms with Crippen LogP contribution in [0.2, 0.25) is 0 Å². The summed E-state index contributed by atoms with van der Waals surface area (Å²) in [5.41, 5.74) is -0.854. The Morgan fingerprint density at radius 3 is 0.867 bits per heavy atom. The van der Waals surface area contributed by atoms with Crippen LogP contribution in [0.15, 0.2) is 78.9 Å². The Balaban J connectivity index is -0.0000000261. The molecule has 0 rings (SSSR count). The van der Waals surface area contributed by atoms with Crippen LogP contribution < -0.4 is 0 Å². The van der Waals surface area contributed by atoms with Crippen LogP contribution in [-0.4, -0.2) is 55.2 Å². The Bertz CT molecular complexity index is 307. The second-order valence-corrected chi connectivity index (χ2v) is 4.87. The van der Waals surface area contributed by atoms with E-state index >= 15 is 0 Å². The maximum atomic E-state index is 9.98. The quantitative estimate of drug-likeness (QED) is 0.380. The van der Waals surface area contributed by atoms with Crippen molar-refractivity contribution < 1.29 is 32.1 Å². The summed E-state index contributed by atoms with van der Waals surface area (Å²) in [5, 5.41) is 15.2. The van der Waals surface area contributed by atoms with Crippen molar-refractivity contribution in [2.75, 3.05) is 26.4 Å². The zero-order chi connectivity index (χ0) is 27.2. The molecule has 0 aromatic carbocycles. The number of aliphatic hydroxyl groups excluding tert-OH is 2. The molecule has 0 unspecified atom stereocenters. The third kappa shape index (κ3) is 321. The Morgan fingerprint density at radius 2 is 0.867 bits per heavy atom. The van der Waals surface area contributed by atoms with E-state index in [1.807, 2.05) is 13.8 Å². The van der Waals surface area contributed by atoms with Crippen LogP contribution in [0.1, 0.15) is 34.6 Å². The van der Waals surface area contributed by atoms with Crippen molar-refractivity contribution in [2.24, 2.45) is 0 Å². The first-order chi connectivity index (χ1) is 14.0. The van der Waals surface area contributed by atoms with Crippen molar-refractivity contribution in [3.05, 3.63) is 78.9 Å². The largest absolute Gasteiger partial charge is 0.397 e. The van der Waals surface area contributed by atoms with Crippen LogP contribution >= 0.6 is 0 Å². The predicted octanol–water partition coefficient (Wildman–Crippen LogP) is 5.43. The van der Waals surface area contributed by atoms with Crippen LogP contribution in [-0.2, 0) is 19.3 Å². The van der Waals surface area contributed by atoms with Crippen LogP contribution in [0.3, 0.4) is 0 Å². The minimum atomic E-state index is -4.28. The number of aliphatic hydroxyl groups is 2. The first-order valence-corrected chi connectivity index (χ1v) is 9.88. The van der Waals surface area contributed by atoms with Gasteiger partial charge in [-0.25, -0.2) is 4.18 Å². The topological polar surface area (TPSA) is 113 Å². The fourth-order valence-electron chi connectivity index (χ4n) is 0.520. The molecule has 186 valence electrons. The van der Waals surface area contributed by atoms with Crippen molar-refractivity contribution in [1.82, 2.24) is 0 Å². The highest BCUT2D eigenvalue weighted by molar-refractivity contribution is 7.80. The molecule has 0 saturated heterocycles. The fraction of sp³-hybridized carbons (Fsp3) is 0.455. The average molecular weight is 459 g/mol. The molecule has 0 aliphatic heterocycles. The van der Waals surface area contributed by atoms with Gasteiger partial charge in [0.25, 0.3) is 0 Å². The molecular formula is C22H50O7S. The smallest absolute Gasteiger partial charge is 0.394 e. The number of ether oxygens (including phenoxy) is 1. The van der Waals surface area contributed by atoms with Crippen LogP contribution in [0.5, 0.6) is 0 Å². The Morgan fingerprint density at radius 1 is 0.667 bits per heavy atom. The maximum absolute atomic E-state index is 9.98. The lowest BCUT2D eigenvalue weighted by atomic mass is 10.2. The van der Waals surface area contributed by atoms with Gasteiger partial charge < -0.3 is 14.9 Å². The summed E-state index contributed by atoms with van der Waals surface area (Å²) in [6, 6.07) is 0. The average Bonchev–Trinajstić information content (AvgIpc) is 2.75. The summed E-state index contributed by atoms with van der Waals surface area (Å²) in [7, 11) is -4.28. The lowest BCUT2D eigenvalue weighted by Gasteiger charge is -2.14. The van der Waals surface area contributed by atoms with Crippen LogP contribution in [0.4, 0.5) is 0 Å². The Kier molecular flexibility index (Phi) is 134. The van der Waals surface area contributed by atoms with E-state index in [1.165, 1.54) is 20.8 Å². The first kappa shape index (κ1) is 56.6. The highest BCUT2D eigenvalue weighted by Crippen LogP contribution is 2.09. The van der Waals surface area contributed by atoms with Gasteiger partial charge >= 0.3 is 10.4 Å². The molecule has 0 aliphatic rings. The van der Waals surface area contributed by atoms with Gasteiger partial charge in [0.1, 0.15) is 0 Å². The molecule has 7 nitrogen and oxygen atoms in total. The SMILES string of the molecule is C=C.C=C.C=C.C=C.C=C.C=C.CC(C)(C)OS(=O)(=O)O.CCOCC.OCCO. The molecule has 0 aliphatic carbocycles. The summed E-state index contributed by atoms with van der Waals surface area (Å²) in [6.07, 6.45) is 0. The number of hydrogen-bond acceptors (Lipinski definition) is 6. The summed E-state index contributed by atoms with van der Waals surface area (Å²) >= 11 is 0. The van der Waals surface area contributed by atoms with Crippen molar-refractivity contribution in [2.45, 2.75) is 40.2 Å². The summed E-state index contributed by atoms with van der Waals surface area (Å²) in [5.74, 6) is 0. The van der Waals surface area contributed by atoms with Gasteiger partial charge in [-0.05, 0) is 34.6 Å². The lowest BCUT2D eigenvalue weighted by molar-refractivity contribution is 0.119. The molecule has 0 fully saturated rings. The van der Waals surface area contributed by atoms with Crippen molar-refractivity contribution in [3.8, 4) is 0 Å². The minimum absolute atomic E-state index is 0.125. The van der Waals surface area contributed by atoms with E-state index in [0.29, 0.717) is 0 Å². The summed E-state index contributed by atoms with van der Waals surface area (Å²) in [6.45, 7) is 46.0. The van der Waals surface area contributed by atoms with E-state index in [-0.39, 0.29) is 13.2 Å². The molecule has 0 aromatic rings. The molecular weight excluding hydrogens is 408 g/mol. The molecule has 0 spiro atoms. The third-order valence-corrected chi connectivity index (χ3v) is 1.57. The molecule has 0 amide bonds. The van der Waals surface area contributed by atoms with Gasteiger partial charge in [0.2, 0.25) is 0 Å². The van der Waals surface area contributed by atoms with E-state index < -0.39 is 16.0 Å². The molecule has 0 radical (unpaired) electrons. The molecule has 0 bridgehead atoms.